The predicted molar refractivity (Wildman–Crippen MR) is 134 cm³/mol. The molecule has 1 saturated heterocycles. The number of anilines is 1. The zero-order chi connectivity index (χ0) is 24.8. The van der Waals surface area contributed by atoms with Crippen LogP contribution in [0.25, 0.3) is 10.9 Å². The molecule has 1 amide bonds. The second-order valence-electron chi connectivity index (χ2n) is 8.61. The summed E-state index contributed by atoms with van der Waals surface area (Å²) < 4.78 is 41.8. The Kier molecular flexibility index (Phi) is 8.18. The highest BCUT2D eigenvalue weighted by molar-refractivity contribution is 7.99. The van der Waals surface area contributed by atoms with Gasteiger partial charge in [0.25, 0.3) is 5.91 Å². The lowest BCUT2D eigenvalue weighted by molar-refractivity contribution is -0.139. The van der Waals surface area contributed by atoms with Gasteiger partial charge in [0.1, 0.15) is 5.75 Å². The minimum Gasteiger partial charge on any atom is -0.493 e. The van der Waals surface area contributed by atoms with Crippen molar-refractivity contribution in [3.05, 3.63) is 65.4 Å². The third-order valence-electron chi connectivity index (χ3n) is 6.00. The first-order valence-electron chi connectivity index (χ1n) is 11.6. The summed E-state index contributed by atoms with van der Waals surface area (Å²) in [6.07, 6.45) is -1.02. The number of carbonyl (C=O) groups is 1. The van der Waals surface area contributed by atoms with Crippen LogP contribution in [0.2, 0.25) is 0 Å². The van der Waals surface area contributed by atoms with E-state index in [0.29, 0.717) is 17.3 Å². The zero-order valence-electron chi connectivity index (χ0n) is 19.5. The molecule has 0 bridgehead atoms. The number of hydrogen-bond acceptors (Lipinski definition) is 5. The van der Waals surface area contributed by atoms with Crippen LogP contribution in [0.4, 0.5) is 18.9 Å². The first-order valence-corrected chi connectivity index (χ1v) is 12.7. The van der Waals surface area contributed by atoms with Crippen LogP contribution < -0.4 is 15.4 Å². The Hall–Kier alpha value is -2.78. The summed E-state index contributed by atoms with van der Waals surface area (Å²) in [5.41, 5.74) is 3.86. The topological polar surface area (TPSA) is 63.2 Å². The molecule has 0 atom stereocenters. The number of fused-ring (bicyclic) bond motifs is 1. The number of alkyl halides is 3. The number of ether oxygens (including phenoxy) is 1. The van der Waals surface area contributed by atoms with E-state index < -0.39 is 19.2 Å². The maximum absolute atomic E-state index is 12.7. The van der Waals surface area contributed by atoms with Crippen molar-refractivity contribution in [2.24, 2.45) is 0 Å². The van der Waals surface area contributed by atoms with Gasteiger partial charge in [-0.2, -0.15) is 24.9 Å². The lowest BCUT2D eigenvalue weighted by Gasteiger charge is -2.22. The van der Waals surface area contributed by atoms with Gasteiger partial charge < -0.3 is 15.4 Å². The van der Waals surface area contributed by atoms with Crippen molar-refractivity contribution in [1.29, 1.82) is 0 Å². The molecule has 4 rings (SSSR count). The highest BCUT2D eigenvalue weighted by atomic mass is 32.2. The molecular weight excluding hydrogens is 475 g/mol. The van der Waals surface area contributed by atoms with Crippen molar-refractivity contribution in [2.45, 2.75) is 44.9 Å². The molecule has 1 aromatic heterocycles. The minimum atomic E-state index is -4.26. The number of benzene rings is 2. The Balaban J connectivity index is 1.37. The van der Waals surface area contributed by atoms with Crippen LogP contribution in [0.3, 0.4) is 0 Å². The molecule has 1 aliphatic rings. The number of amides is 1. The molecule has 186 valence electrons. The fourth-order valence-corrected chi connectivity index (χ4v) is 5.08. The normalized spacial score (nSPS) is 14.7. The number of hydrogen-bond donors (Lipinski definition) is 2. The fourth-order valence-electron chi connectivity index (χ4n) is 3.97. The first kappa shape index (κ1) is 25.3. The zero-order valence-corrected chi connectivity index (χ0v) is 20.3. The molecule has 2 heterocycles. The molecule has 5 nitrogen and oxygen atoms in total. The third kappa shape index (κ3) is 7.11. The van der Waals surface area contributed by atoms with Gasteiger partial charge in [0.2, 0.25) is 0 Å². The van der Waals surface area contributed by atoms with Crippen LogP contribution >= 0.6 is 11.8 Å². The van der Waals surface area contributed by atoms with Crippen molar-refractivity contribution in [3.8, 4) is 5.75 Å². The van der Waals surface area contributed by atoms with E-state index in [4.69, 9.17) is 4.74 Å². The molecule has 0 radical (unpaired) electrons. The molecule has 2 N–H and O–H groups in total. The van der Waals surface area contributed by atoms with Gasteiger partial charge in [-0.15, -0.1) is 0 Å². The van der Waals surface area contributed by atoms with Gasteiger partial charge in [-0.05, 0) is 78.8 Å². The molecule has 0 saturated carbocycles. The number of carbonyl (C=O) groups excluding carboxylic acids is 1. The SMILES string of the molecule is Cc1c(NC(=O)c2ccc(OCCC(F)(F)F)cc2)ccc2cc(CNC3CCSCC3)cnc12. The molecule has 3 aromatic rings. The van der Waals surface area contributed by atoms with E-state index in [9.17, 15) is 18.0 Å². The van der Waals surface area contributed by atoms with Gasteiger partial charge >= 0.3 is 6.18 Å². The molecule has 1 aliphatic heterocycles. The van der Waals surface area contributed by atoms with Crippen LogP contribution in [0.1, 0.15) is 40.7 Å². The number of thioether (sulfide) groups is 1. The highest BCUT2D eigenvalue weighted by Gasteiger charge is 2.26. The summed E-state index contributed by atoms with van der Waals surface area (Å²) in [4.78, 5) is 17.4. The van der Waals surface area contributed by atoms with E-state index in [1.165, 1.54) is 48.6 Å². The van der Waals surface area contributed by atoms with Crippen molar-refractivity contribution >= 4 is 34.3 Å². The number of pyridine rings is 1. The minimum absolute atomic E-state index is 0.282. The Morgan fingerprint density at radius 2 is 1.89 bits per heavy atom. The summed E-state index contributed by atoms with van der Waals surface area (Å²) in [5, 5.41) is 7.54. The maximum atomic E-state index is 12.7. The average molecular weight is 504 g/mol. The van der Waals surface area contributed by atoms with E-state index in [0.717, 1.165) is 28.6 Å². The van der Waals surface area contributed by atoms with Crippen molar-refractivity contribution in [3.63, 3.8) is 0 Å². The summed E-state index contributed by atoms with van der Waals surface area (Å²) in [6, 6.07) is 12.5. The number of halogens is 3. The molecular formula is C26H28F3N3O2S. The Bertz CT molecular complexity index is 1160. The Morgan fingerprint density at radius 3 is 2.60 bits per heavy atom. The largest absolute Gasteiger partial charge is 0.493 e. The Labute approximate surface area is 206 Å². The number of rotatable bonds is 8. The van der Waals surface area contributed by atoms with Crippen molar-refractivity contribution in [2.75, 3.05) is 23.4 Å². The van der Waals surface area contributed by atoms with Crippen LogP contribution in [0.15, 0.2) is 48.7 Å². The van der Waals surface area contributed by atoms with Gasteiger partial charge in [0.05, 0.1) is 18.5 Å². The molecule has 0 aliphatic carbocycles. The standard InChI is InChI=1S/C26H28F3N3O2S/c1-17-23(32-25(33)19-2-5-22(6-3-19)34-11-10-26(27,28)29)7-4-20-14-18(16-31-24(17)20)15-30-21-8-12-35-13-9-21/h2-7,14,16,21,30H,8-13,15H2,1H3,(H,32,33). The van der Waals surface area contributed by atoms with Crippen molar-refractivity contribution in [1.82, 2.24) is 10.3 Å². The maximum Gasteiger partial charge on any atom is 0.392 e. The number of nitrogens with one attached hydrogen (secondary N) is 2. The van der Waals surface area contributed by atoms with Crippen molar-refractivity contribution < 1.29 is 22.7 Å². The molecule has 1 fully saturated rings. The van der Waals surface area contributed by atoms with Gasteiger partial charge in [-0.1, -0.05) is 6.07 Å². The number of aromatic nitrogens is 1. The molecule has 0 spiro atoms. The molecule has 35 heavy (non-hydrogen) atoms. The van der Waals surface area contributed by atoms with E-state index in [2.05, 4.69) is 21.7 Å². The summed E-state index contributed by atoms with van der Waals surface area (Å²) in [5.74, 6) is 2.38. The monoisotopic (exact) mass is 503 g/mol. The summed E-state index contributed by atoms with van der Waals surface area (Å²) in [7, 11) is 0. The predicted octanol–water partition coefficient (Wildman–Crippen LogP) is 6.11. The van der Waals surface area contributed by atoms with E-state index in [-0.39, 0.29) is 11.7 Å². The Morgan fingerprint density at radius 1 is 1.14 bits per heavy atom. The third-order valence-corrected chi connectivity index (χ3v) is 7.05. The van der Waals surface area contributed by atoms with Gasteiger partial charge in [0, 0.05) is 35.4 Å². The van der Waals surface area contributed by atoms with E-state index in [1.54, 1.807) is 0 Å². The number of nitrogens with zero attached hydrogens (tertiary/aromatic N) is 1. The van der Waals surface area contributed by atoms with Gasteiger partial charge in [-0.25, -0.2) is 0 Å². The smallest absolute Gasteiger partial charge is 0.392 e. The highest BCUT2D eigenvalue weighted by Crippen LogP contribution is 2.26. The van der Waals surface area contributed by atoms with Crippen LogP contribution in [-0.4, -0.2) is 41.2 Å². The summed E-state index contributed by atoms with van der Waals surface area (Å²) in [6.45, 7) is 2.24. The molecule has 9 heteroatoms. The molecule has 2 aromatic carbocycles. The lowest BCUT2D eigenvalue weighted by Crippen LogP contribution is -2.32. The second-order valence-corrected chi connectivity index (χ2v) is 9.84. The first-order chi connectivity index (χ1) is 16.8. The quantitative estimate of drug-likeness (QED) is 0.388. The van der Waals surface area contributed by atoms with E-state index >= 15 is 0 Å². The summed E-state index contributed by atoms with van der Waals surface area (Å²) >= 11 is 2.01. The average Bonchev–Trinajstić information content (AvgIpc) is 2.85. The molecule has 0 unspecified atom stereocenters. The van der Waals surface area contributed by atoms with Crippen LogP contribution in [0.5, 0.6) is 5.75 Å². The van der Waals surface area contributed by atoms with Gasteiger partial charge in [0.15, 0.2) is 0 Å². The van der Waals surface area contributed by atoms with Crippen LogP contribution in [-0.2, 0) is 6.54 Å². The number of aryl methyl sites for hydroxylation is 1. The van der Waals surface area contributed by atoms with E-state index in [1.807, 2.05) is 37.0 Å². The fraction of sp³-hybridized carbons (Fsp3) is 0.385. The van der Waals surface area contributed by atoms with Crippen LogP contribution in [0, 0.1) is 6.92 Å². The lowest BCUT2D eigenvalue weighted by atomic mass is 10.1. The second kappa shape index (κ2) is 11.3. The van der Waals surface area contributed by atoms with Gasteiger partial charge in [-0.3, -0.25) is 9.78 Å².